The van der Waals surface area contributed by atoms with Crippen molar-refractivity contribution in [3.05, 3.63) is 0 Å². The van der Waals surface area contributed by atoms with Gasteiger partial charge in [0.15, 0.2) is 0 Å². The standard InChI is InChI=1S/C15H32/c1-5-9-11-15(8-4)13-10-12-14(6-2)7-3/h14-15H,5-13H2,1-4H3. The molecule has 0 aliphatic carbocycles. The van der Waals surface area contributed by atoms with E-state index in [1.165, 1.54) is 57.8 Å². The summed E-state index contributed by atoms with van der Waals surface area (Å²) in [6.45, 7) is 9.33. The summed E-state index contributed by atoms with van der Waals surface area (Å²) in [6.07, 6.45) is 12.8. The maximum absolute atomic E-state index is 2.36. The van der Waals surface area contributed by atoms with E-state index in [-0.39, 0.29) is 0 Å². The topological polar surface area (TPSA) is 0 Å². The molecule has 0 nitrogen and oxygen atoms in total. The highest BCUT2D eigenvalue weighted by Gasteiger charge is 2.08. The van der Waals surface area contributed by atoms with E-state index in [9.17, 15) is 0 Å². The van der Waals surface area contributed by atoms with Crippen molar-refractivity contribution in [2.75, 3.05) is 0 Å². The summed E-state index contributed by atoms with van der Waals surface area (Å²) in [7, 11) is 0. The highest BCUT2D eigenvalue weighted by Crippen LogP contribution is 2.23. The molecule has 0 aliphatic heterocycles. The molecular weight excluding hydrogens is 180 g/mol. The molecule has 0 radical (unpaired) electrons. The van der Waals surface area contributed by atoms with Gasteiger partial charge in [0.25, 0.3) is 0 Å². The van der Waals surface area contributed by atoms with Crippen molar-refractivity contribution in [2.45, 2.75) is 85.5 Å². The lowest BCUT2D eigenvalue weighted by Gasteiger charge is -2.16. The van der Waals surface area contributed by atoms with Gasteiger partial charge >= 0.3 is 0 Å². The van der Waals surface area contributed by atoms with Gasteiger partial charge in [-0.3, -0.25) is 0 Å². The van der Waals surface area contributed by atoms with Gasteiger partial charge in [-0.05, 0) is 11.8 Å². The average molecular weight is 212 g/mol. The maximum atomic E-state index is 2.36. The van der Waals surface area contributed by atoms with E-state index in [0.717, 1.165) is 11.8 Å². The molecule has 92 valence electrons. The van der Waals surface area contributed by atoms with E-state index < -0.39 is 0 Å². The smallest absolute Gasteiger partial charge is 0.0417 e. The minimum absolute atomic E-state index is 0.994. The Hall–Kier alpha value is 0. The van der Waals surface area contributed by atoms with Gasteiger partial charge < -0.3 is 0 Å². The summed E-state index contributed by atoms with van der Waals surface area (Å²) in [5.74, 6) is 2.01. The van der Waals surface area contributed by atoms with Gasteiger partial charge in [0.05, 0.1) is 0 Å². The predicted molar refractivity (Wildman–Crippen MR) is 71.2 cm³/mol. The molecule has 0 N–H and O–H groups in total. The fourth-order valence-corrected chi connectivity index (χ4v) is 2.44. The van der Waals surface area contributed by atoms with Gasteiger partial charge in [0.2, 0.25) is 0 Å². The van der Waals surface area contributed by atoms with Crippen molar-refractivity contribution in [3.8, 4) is 0 Å². The van der Waals surface area contributed by atoms with Crippen LogP contribution in [0.3, 0.4) is 0 Å². The van der Waals surface area contributed by atoms with Crippen LogP contribution in [-0.4, -0.2) is 0 Å². The molecule has 15 heavy (non-hydrogen) atoms. The first-order valence-corrected chi connectivity index (χ1v) is 7.28. The van der Waals surface area contributed by atoms with Crippen LogP contribution in [-0.2, 0) is 0 Å². The molecule has 0 amide bonds. The number of hydrogen-bond donors (Lipinski definition) is 0. The Balaban J connectivity index is 3.52. The average Bonchev–Trinajstić information content (AvgIpc) is 2.28. The zero-order valence-corrected chi connectivity index (χ0v) is 11.5. The van der Waals surface area contributed by atoms with E-state index >= 15 is 0 Å². The van der Waals surface area contributed by atoms with Crippen molar-refractivity contribution < 1.29 is 0 Å². The number of hydrogen-bond acceptors (Lipinski definition) is 0. The van der Waals surface area contributed by atoms with Crippen LogP contribution in [0.5, 0.6) is 0 Å². The van der Waals surface area contributed by atoms with Gasteiger partial charge in [-0.15, -0.1) is 0 Å². The Morgan fingerprint density at radius 3 is 1.53 bits per heavy atom. The molecule has 0 heterocycles. The van der Waals surface area contributed by atoms with Crippen molar-refractivity contribution >= 4 is 0 Å². The molecule has 0 rings (SSSR count). The van der Waals surface area contributed by atoms with E-state index in [1.54, 1.807) is 0 Å². The van der Waals surface area contributed by atoms with Crippen LogP contribution in [0.1, 0.15) is 85.5 Å². The zero-order chi connectivity index (χ0) is 11.5. The van der Waals surface area contributed by atoms with Crippen LogP contribution < -0.4 is 0 Å². The van der Waals surface area contributed by atoms with E-state index in [1.807, 2.05) is 0 Å². The van der Waals surface area contributed by atoms with Crippen molar-refractivity contribution in [2.24, 2.45) is 11.8 Å². The van der Waals surface area contributed by atoms with Crippen molar-refractivity contribution in [1.29, 1.82) is 0 Å². The monoisotopic (exact) mass is 212 g/mol. The summed E-state index contributed by atoms with van der Waals surface area (Å²) < 4.78 is 0. The van der Waals surface area contributed by atoms with Crippen molar-refractivity contribution in [1.82, 2.24) is 0 Å². The molecule has 0 saturated carbocycles. The van der Waals surface area contributed by atoms with E-state index in [0.29, 0.717) is 0 Å². The molecule has 0 fully saturated rings. The summed E-state index contributed by atoms with van der Waals surface area (Å²) in [6, 6.07) is 0. The van der Waals surface area contributed by atoms with Crippen LogP contribution >= 0.6 is 0 Å². The first-order valence-electron chi connectivity index (χ1n) is 7.28. The van der Waals surface area contributed by atoms with Crippen LogP contribution in [0.25, 0.3) is 0 Å². The minimum atomic E-state index is 0.994. The lowest BCUT2D eigenvalue weighted by Crippen LogP contribution is -2.02. The van der Waals surface area contributed by atoms with Gasteiger partial charge in [0, 0.05) is 0 Å². The minimum Gasteiger partial charge on any atom is -0.0654 e. The lowest BCUT2D eigenvalue weighted by molar-refractivity contribution is 0.366. The fraction of sp³-hybridized carbons (Fsp3) is 1.00. The zero-order valence-electron chi connectivity index (χ0n) is 11.5. The fourth-order valence-electron chi connectivity index (χ4n) is 2.44. The van der Waals surface area contributed by atoms with Crippen LogP contribution in [0.2, 0.25) is 0 Å². The van der Waals surface area contributed by atoms with Crippen LogP contribution in [0.15, 0.2) is 0 Å². The van der Waals surface area contributed by atoms with Gasteiger partial charge in [-0.1, -0.05) is 85.5 Å². The molecule has 0 aromatic rings. The molecule has 1 unspecified atom stereocenters. The highest BCUT2D eigenvalue weighted by molar-refractivity contribution is 4.61. The molecule has 0 heteroatoms. The Morgan fingerprint density at radius 2 is 1.07 bits per heavy atom. The Kier molecular flexibility index (Phi) is 10.5. The second kappa shape index (κ2) is 10.5. The summed E-state index contributed by atoms with van der Waals surface area (Å²) >= 11 is 0. The van der Waals surface area contributed by atoms with Crippen LogP contribution in [0, 0.1) is 11.8 Å². The second-order valence-corrected chi connectivity index (χ2v) is 5.03. The Bertz CT molecular complexity index is 113. The SMILES string of the molecule is CCCCC(CC)CCCC(CC)CC. The molecule has 0 aliphatic rings. The quantitative estimate of drug-likeness (QED) is 0.429. The maximum Gasteiger partial charge on any atom is -0.0417 e. The molecule has 0 bridgehead atoms. The Labute approximate surface area is 97.8 Å². The normalized spacial score (nSPS) is 13.4. The second-order valence-electron chi connectivity index (χ2n) is 5.03. The van der Waals surface area contributed by atoms with E-state index in [2.05, 4.69) is 27.7 Å². The molecular formula is C15H32. The third-order valence-corrected chi connectivity index (χ3v) is 3.92. The van der Waals surface area contributed by atoms with Crippen molar-refractivity contribution in [3.63, 3.8) is 0 Å². The molecule has 0 aromatic heterocycles. The van der Waals surface area contributed by atoms with Gasteiger partial charge in [-0.2, -0.15) is 0 Å². The Morgan fingerprint density at radius 1 is 0.600 bits per heavy atom. The third kappa shape index (κ3) is 7.88. The molecule has 1 atom stereocenters. The highest BCUT2D eigenvalue weighted by atomic mass is 14.1. The van der Waals surface area contributed by atoms with E-state index in [4.69, 9.17) is 0 Å². The molecule has 0 saturated heterocycles. The summed E-state index contributed by atoms with van der Waals surface area (Å²) in [5, 5.41) is 0. The lowest BCUT2D eigenvalue weighted by atomic mass is 9.90. The summed E-state index contributed by atoms with van der Waals surface area (Å²) in [4.78, 5) is 0. The number of rotatable bonds is 10. The number of unbranched alkanes of at least 4 members (excludes halogenated alkanes) is 1. The first kappa shape index (κ1) is 15.0. The third-order valence-electron chi connectivity index (χ3n) is 3.92. The largest absolute Gasteiger partial charge is 0.0654 e. The van der Waals surface area contributed by atoms with Gasteiger partial charge in [-0.25, -0.2) is 0 Å². The molecule has 0 spiro atoms. The molecule has 0 aromatic carbocycles. The van der Waals surface area contributed by atoms with Gasteiger partial charge in [0.1, 0.15) is 0 Å². The predicted octanol–water partition coefficient (Wildman–Crippen LogP) is 5.81. The first-order chi connectivity index (χ1) is 7.28. The van der Waals surface area contributed by atoms with Crippen LogP contribution in [0.4, 0.5) is 0 Å². The summed E-state index contributed by atoms with van der Waals surface area (Å²) in [5.41, 5.74) is 0.